The average molecular weight is 397 g/mol. The molecule has 0 radical (unpaired) electrons. The zero-order chi connectivity index (χ0) is 20.8. The molecule has 0 saturated carbocycles. The Balaban J connectivity index is 2.36. The van der Waals surface area contributed by atoms with Gasteiger partial charge in [0.15, 0.2) is 0 Å². The smallest absolute Gasteiger partial charge is 0.128 e. The number of fused-ring (bicyclic) bond motifs is 1. The highest BCUT2D eigenvalue weighted by Crippen LogP contribution is 2.56. The molecule has 0 amide bonds. The van der Waals surface area contributed by atoms with Crippen LogP contribution in [0.3, 0.4) is 0 Å². The third kappa shape index (κ3) is 3.88. The van der Waals surface area contributed by atoms with Crippen molar-refractivity contribution < 1.29 is 4.74 Å². The molecule has 1 aliphatic rings. The van der Waals surface area contributed by atoms with Crippen molar-refractivity contribution in [3.63, 3.8) is 0 Å². The Morgan fingerprint density at radius 1 is 0.857 bits per heavy atom. The maximum absolute atomic E-state index is 6.19. The second-order valence-corrected chi connectivity index (χ2v) is 13.0. The van der Waals surface area contributed by atoms with Crippen LogP contribution in [0.5, 0.6) is 5.75 Å². The van der Waals surface area contributed by atoms with Crippen LogP contribution in [0.4, 0.5) is 0 Å². The van der Waals surface area contributed by atoms with E-state index < -0.39 is 0 Å². The first-order valence-corrected chi connectivity index (χ1v) is 12.3. The molecule has 1 unspecified atom stereocenters. The summed E-state index contributed by atoms with van der Waals surface area (Å²) in [4.78, 5) is 0. The van der Waals surface area contributed by atoms with Gasteiger partial charge in [-0.1, -0.05) is 86.6 Å². The Hall–Kier alpha value is -1.33. The Labute approximate surface area is 173 Å². The van der Waals surface area contributed by atoms with Crippen molar-refractivity contribution in [3.8, 4) is 16.9 Å². The molecule has 1 heterocycles. The summed E-state index contributed by atoms with van der Waals surface area (Å²) in [5.41, 5.74) is 7.31. The molecule has 0 fully saturated rings. The van der Waals surface area contributed by atoms with Gasteiger partial charge in [0.1, 0.15) is 12.1 Å². The molecule has 0 aliphatic carbocycles. The largest absolute Gasteiger partial charge is 0.488 e. The topological polar surface area (TPSA) is 9.23 Å². The lowest BCUT2D eigenvalue weighted by Crippen LogP contribution is -2.19. The first-order valence-electron chi connectivity index (χ1n) is 10.7. The summed E-state index contributed by atoms with van der Waals surface area (Å²) >= 11 is 0. The average Bonchev–Trinajstić information content (AvgIpc) is 3.04. The SMILES string of the molecule is CC(C)c1cc(C(C)C)c(-c2cccc3c2P(C(C)(C)C)CO3)c(C(C)C)c1. The monoisotopic (exact) mass is 396 g/mol. The third-order valence-corrected chi connectivity index (χ3v) is 8.84. The molecule has 2 heteroatoms. The highest BCUT2D eigenvalue weighted by Gasteiger charge is 2.36. The van der Waals surface area contributed by atoms with Crippen LogP contribution in [0.15, 0.2) is 30.3 Å². The molecule has 1 nitrogen and oxygen atoms in total. The molecule has 0 saturated heterocycles. The molecule has 1 aliphatic heterocycles. The molecule has 3 rings (SSSR count). The fourth-order valence-corrected chi connectivity index (χ4v) is 6.45. The normalized spacial score (nSPS) is 16.8. The minimum absolute atomic E-state index is 0.241. The van der Waals surface area contributed by atoms with Gasteiger partial charge >= 0.3 is 0 Å². The van der Waals surface area contributed by atoms with Crippen molar-refractivity contribution in [2.75, 3.05) is 6.35 Å². The van der Waals surface area contributed by atoms with Gasteiger partial charge in [-0.15, -0.1) is 0 Å². The minimum Gasteiger partial charge on any atom is -0.488 e. The second kappa shape index (κ2) is 7.83. The molecule has 2 aromatic carbocycles. The maximum atomic E-state index is 6.19. The summed E-state index contributed by atoms with van der Waals surface area (Å²) in [5.74, 6) is 2.63. The van der Waals surface area contributed by atoms with Crippen LogP contribution < -0.4 is 10.0 Å². The highest BCUT2D eigenvalue weighted by molar-refractivity contribution is 7.67. The minimum atomic E-state index is -0.352. The summed E-state index contributed by atoms with van der Waals surface area (Å²) in [6, 6.07) is 11.6. The standard InChI is InChI=1S/C26H37OP/c1-16(2)19-13-21(17(3)4)24(22(14-19)18(5)6)20-11-10-12-23-25(20)28(15-27-23)26(7,8)9/h10-14,16-18H,15H2,1-9H3. The first-order chi connectivity index (χ1) is 13.0. The predicted molar refractivity (Wildman–Crippen MR) is 126 cm³/mol. The van der Waals surface area contributed by atoms with Gasteiger partial charge in [0.25, 0.3) is 0 Å². The van der Waals surface area contributed by atoms with Crippen LogP contribution in [0.2, 0.25) is 0 Å². The zero-order valence-electron chi connectivity index (χ0n) is 19.2. The fourth-order valence-electron chi connectivity index (χ4n) is 4.11. The summed E-state index contributed by atoms with van der Waals surface area (Å²) in [6.07, 6.45) is 0.850. The number of hydrogen-bond acceptors (Lipinski definition) is 1. The Bertz CT molecular complexity index is 826. The molecule has 0 bridgehead atoms. The van der Waals surface area contributed by atoms with Gasteiger partial charge in [0.2, 0.25) is 0 Å². The molecule has 2 aromatic rings. The van der Waals surface area contributed by atoms with Crippen LogP contribution in [0.25, 0.3) is 11.1 Å². The Kier molecular flexibility index (Phi) is 5.98. The highest BCUT2D eigenvalue weighted by atomic mass is 31.1. The fraction of sp³-hybridized carbons (Fsp3) is 0.538. The van der Waals surface area contributed by atoms with E-state index in [0.717, 1.165) is 12.1 Å². The van der Waals surface area contributed by atoms with E-state index in [-0.39, 0.29) is 13.1 Å². The van der Waals surface area contributed by atoms with Crippen LogP contribution in [0, 0.1) is 0 Å². The van der Waals surface area contributed by atoms with Crippen LogP contribution in [0.1, 0.15) is 96.8 Å². The predicted octanol–water partition coefficient (Wildman–Crippen LogP) is 7.98. The second-order valence-electron chi connectivity index (χ2n) is 10.1. The van der Waals surface area contributed by atoms with Crippen molar-refractivity contribution >= 4 is 13.2 Å². The number of hydrogen-bond donors (Lipinski definition) is 0. The van der Waals surface area contributed by atoms with E-state index in [2.05, 4.69) is 92.6 Å². The lowest BCUT2D eigenvalue weighted by molar-refractivity contribution is 0.400. The van der Waals surface area contributed by atoms with Crippen molar-refractivity contribution in [1.82, 2.24) is 0 Å². The lowest BCUT2D eigenvalue weighted by atomic mass is 9.82. The summed E-state index contributed by atoms with van der Waals surface area (Å²) in [5, 5.41) is 1.72. The van der Waals surface area contributed by atoms with E-state index in [1.165, 1.54) is 33.1 Å². The maximum Gasteiger partial charge on any atom is 0.128 e. The summed E-state index contributed by atoms with van der Waals surface area (Å²) in [6.45, 7) is 21.0. The molecule has 1 atom stereocenters. The van der Waals surface area contributed by atoms with Crippen molar-refractivity contribution in [2.45, 2.75) is 85.2 Å². The van der Waals surface area contributed by atoms with Gasteiger partial charge in [0.05, 0.1) is 0 Å². The molecular weight excluding hydrogens is 359 g/mol. The van der Waals surface area contributed by atoms with Gasteiger partial charge in [-0.05, 0) is 64.7 Å². The molecule has 0 N–H and O–H groups in total. The van der Waals surface area contributed by atoms with E-state index >= 15 is 0 Å². The van der Waals surface area contributed by atoms with Gasteiger partial charge in [0, 0.05) is 5.30 Å². The third-order valence-electron chi connectivity index (χ3n) is 5.83. The van der Waals surface area contributed by atoms with Crippen molar-refractivity contribution in [3.05, 3.63) is 47.0 Å². The zero-order valence-corrected chi connectivity index (χ0v) is 20.1. The molecule has 152 valence electrons. The molecule has 0 aromatic heterocycles. The Morgan fingerprint density at radius 3 is 1.89 bits per heavy atom. The van der Waals surface area contributed by atoms with Crippen molar-refractivity contribution in [1.29, 1.82) is 0 Å². The van der Waals surface area contributed by atoms with Crippen LogP contribution in [-0.2, 0) is 0 Å². The Morgan fingerprint density at radius 2 is 1.43 bits per heavy atom. The molecule has 0 spiro atoms. The van der Waals surface area contributed by atoms with E-state index in [0.29, 0.717) is 17.8 Å². The van der Waals surface area contributed by atoms with Crippen LogP contribution >= 0.6 is 7.92 Å². The summed E-state index contributed by atoms with van der Waals surface area (Å²) < 4.78 is 6.19. The van der Waals surface area contributed by atoms with Gasteiger partial charge in [-0.25, -0.2) is 0 Å². The quantitative estimate of drug-likeness (QED) is 0.476. The number of benzene rings is 2. The van der Waals surface area contributed by atoms with E-state index in [1.54, 1.807) is 0 Å². The van der Waals surface area contributed by atoms with Gasteiger partial charge in [-0.3, -0.25) is 0 Å². The number of rotatable bonds is 4. The molecular formula is C26H37OP. The van der Waals surface area contributed by atoms with E-state index in [1.807, 2.05) is 0 Å². The summed E-state index contributed by atoms with van der Waals surface area (Å²) in [7, 11) is -0.352. The number of ether oxygens (including phenoxy) is 1. The van der Waals surface area contributed by atoms with Gasteiger partial charge < -0.3 is 4.74 Å². The molecule has 28 heavy (non-hydrogen) atoms. The van der Waals surface area contributed by atoms with Crippen LogP contribution in [-0.4, -0.2) is 11.5 Å². The lowest BCUT2D eigenvalue weighted by Gasteiger charge is -2.29. The van der Waals surface area contributed by atoms with Crippen molar-refractivity contribution in [2.24, 2.45) is 0 Å². The first kappa shape index (κ1) is 21.4. The van der Waals surface area contributed by atoms with Gasteiger partial charge in [-0.2, -0.15) is 0 Å². The van der Waals surface area contributed by atoms with E-state index in [9.17, 15) is 0 Å². The van der Waals surface area contributed by atoms with E-state index in [4.69, 9.17) is 4.74 Å².